The van der Waals surface area contributed by atoms with Gasteiger partial charge in [-0.15, -0.1) is 0 Å². The van der Waals surface area contributed by atoms with E-state index in [1.54, 1.807) is 13.8 Å². The van der Waals surface area contributed by atoms with Crippen molar-refractivity contribution in [3.8, 4) is 0 Å². The van der Waals surface area contributed by atoms with Gasteiger partial charge in [0.25, 0.3) is 0 Å². The lowest BCUT2D eigenvalue weighted by molar-refractivity contribution is -0.119. The van der Waals surface area contributed by atoms with Crippen molar-refractivity contribution in [2.45, 2.75) is 46.1 Å². The summed E-state index contributed by atoms with van der Waals surface area (Å²) in [5.41, 5.74) is 0.402. The van der Waals surface area contributed by atoms with Crippen LogP contribution >= 0.6 is 0 Å². The lowest BCUT2D eigenvalue weighted by atomic mass is 9.80. The smallest absolute Gasteiger partial charge is 0.234 e. The molecule has 0 spiro atoms. The van der Waals surface area contributed by atoms with Gasteiger partial charge in [-0.05, 0) is 37.0 Å². The molecule has 2 N–H and O–H groups in total. The zero-order valence-corrected chi connectivity index (χ0v) is 12.0. The highest BCUT2D eigenvalue weighted by atomic mass is 19.1. The summed E-state index contributed by atoms with van der Waals surface area (Å²) in [5, 5.41) is 13.2. The fourth-order valence-electron chi connectivity index (χ4n) is 2.33. The molecule has 1 aromatic carbocycles. The van der Waals surface area contributed by atoms with Gasteiger partial charge in [0.1, 0.15) is 5.82 Å². The molecule has 1 heterocycles. The van der Waals surface area contributed by atoms with E-state index < -0.39 is 22.8 Å². The highest BCUT2D eigenvalue weighted by Gasteiger charge is 2.41. The van der Waals surface area contributed by atoms with Crippen molar-refractivity contribution < 1.29 is 14.3 Å². The summed E-state index contributed by atoms with van der Waals surface area (Å²) in [6, 6.07) is 2.67. The van der Waals surface area contributed by atoms with E-state index in [2.05, 4.69) is 5.32 Å². The predicted molar refractivity (Wildman–Crippen MR) is 72.5 cm³/mol. The van der Waals surface area contributed by atoms with Crippen LogP contribution in [0.2, 0.25) is 0 Å². The molecule has 3 nitrogen and oxygen atoms in total. The molecule has 0 fully saturated rings. The minimum Gasteiger partial charge on any atom is -0.388 e. The van der Waals surface area contributed by atoms with Crippen LogP contribution in [0.4, 0.5) is 10.1 Å². The summed E-state index contributed by atoms with van der Waals surface area (Å²) in [6.45, 7) is 9.12. The van der Waals surface area contributed by atoms with Gasteiger partial charge in [-0.25, -0.2) is 4.39 Å². The number of carbonyl (C=O) groups excluding carboxylic acids is 1. The molecule has 2 rings (SSSR count). The molecule has 0 aliphatic carbocycles. The Kier molecular flexibility index (Phi) is 2.97. The highest BCUT2D eigenvalue weighted by molar-refractivity contribution is 6.06. The van der Waals surface area contributed by atoms with Gasteiger partial charge in [0.15, 0.2) is 0 Å². The van der Waals surface area contributed by atoms with Gasteiger partial charge < -0.3 is 10.4 Å². The number of aliphatic hydroxyl groups is 1. The molecule has 1 aliphatic rings. The fourth-order valence-corrected chi connectivity index (χ4v) is 2.33. The van der Waals surface area contributed by atoms with E-state index in [0.717, 1.165) is 0 Å². The molecule has 0 aromatic heterocycles. The monoisotopic (exact) mass is 265 g/mol. The molecule has 19 heavy (non-hydrogen) atoms. The first kappa shape index (κ1) is 14.0. The summed E-state index contributed by atoms with van der Waals surface area (Å²) in [5.74, 6) is -0.600. The zero-order chi connectivity index (χ0) is 14.6. The molecule has 0 saturated heterocycles. The number of hydrogen-bond acceptors (Lipinski definition) is 2. The second-order valence-corrected chi connectivity index (χ2v) is 6.77. The molecule has 1 unspecified atom stereocenters. The Morgan fingerprint density at radius 3 is 2.42 bits per heavy atom. The number of rotatable bonds is 1. The third-order valence-corrected chi connectivity index (χ3v) is 3.73. The quantitative estimate of drug-likeness (QED) is 0.819. The van der Waals surface area contributed by atoms with Crippen LogP contribution in [0.25, 0.3) is 0 Å². The molecule has 1 atom stereocenters. The van der Waals surface area contributed by atoms with Crippen LogP contribution in [0.1, 0.15) is 51.8 Å². The normalized spacial score (nSPS) is 19.0. The molecule has 104 valence electrons. The van der Waals surface area contributed by atoms with Gasteiger partial charge in [-0.1, -0.05) is 20.8 Å². The molecule has 0 radical (unpaired) electrons. The van der Waals surface area contributed by atoms with Gasteiger partial charge in [-0.2, -0.15) is 0 Å². The van der Waals surface area contributed by atoms with Crippen LogP contribution < -0.4 is 5.32 Å². The standard InChI is InChI=1S/C15H20FNO2/c1-14(2,3)12(18)9-6-8(16)7-10-11(9)17-13(19)15(10,4)5/h6-7,12,18H,1-5H3,(H,17,19). The molecule has 1 amide bonds. The largest absolute Gasteiger partial charge is 0.388 e. The Hall–Kier alpha value is -1.42. The van der Waals surface area contributed by atoms with Crippen molar-refractivity contribution in [1.82, 2.24) is 0 Å². The van der Waals surface area contributed by atoms with Crippen LogP contribution in [0.3, 0.4) is 0 Å². The third kappa shape index (κ3) is 2.14. The second-order valence-electron chi connectivity index (χ2n) is 6.77. The maximum Gasteiger partial charge on any atom is 0.234 e. The van der Waals surface area contributed by atoms with E-state index in [0.29, 0.717) is 16.8 Å². The van der Waals surface area contributed by atoms with Crippen LogP contribution in [0, 0.1) is 11.2 Å². The lowest BCUT2D eigenvalue weighted by Gasteiger charge is -2.28. The molecule has 4 heteroatoms. The van der Waals surface area contributed by atoms with Gasteiger partial charge in [0, 0.05) is 5.56 Å². The number of anilines is 1. The van der Waals surface area contributed by atoms with E-state index in [1.165, 1.54) is 12.1 Å². The van der Waals surface area contributed by atoms with Gasteiger partial charge in [0.2, 0.25) is 5.91 Å². The summed E-state index contributed by atoms with van der Waals surface area (Å²) in [6.07, 6.45) is -0.842. The molecule has 0 bridgehead atoms. The average molecular weight is 265 g/mol. The van der Waals surface area contributed by atoms with Crippen LogP contribution in [-0.4, -0.2) is 11.0 Å². The summed E-state index contributed by atoms with van der Waals surface area (Å²) >= 11 is 0. The summed E-state index contributed by atoms with van der Waals surface area (Å²) < 4.78 is 13.8. The van der Waals surface area contributed by atoms with Gasteiger partial charge in [-0.3, -0.25) is 4.79 Å². The van der Waals surface area contributed by atoms with Crippen molar-refractivity contribution in [2.75, 3.05) is 5.32 Å². The summed E-state index contributed by atoms with van der Waals surface area (Å²) in [7, 11) is 0. The Morgan fingerprint density at radius 2 is 1.89 bits per heavy atom. The topological polar surface area (TPSA) is 49.3 Å². The number of fused-ring (bicyclic) bond motifs is 1. The van der Waals surface area contributed by atoms with Crippen LogP contribution in [0.5, 0.6) is 0 Å². The van der Waals surface area contributed by atoms with Gasteiger partial charge >= 0.3 is 0 Å². The number of aliphatic hydroxyl groups excluding tert-OH is 1. The van der Waals surface area contributed by atoms with E-state index in [4.69, 9.17) is 0 Å². The number of amides is 1. The molecule has 0 saturated carbocycles. The van der Waals surface area contributed by atoms with Crippen molar-refractivity contribution in [3.05, 3.63) is 29.1 Å². The predicted octanol–water partition coefficient (Wildman–Crippen LogP) is 3.13. The van der Waals surface area contributed by atoms with E-state index in [-0.39, 0.29) is 5.91 Å². The molecule has 1 aromatic rings. The fraction of sp³-hybridized carbons (Fsp3) is 0.533. The average Bonchev–Trinajstić information content (AvgIpc) is 2.48. The van der Waals surface area contributed by atoms with Crippen LogP contribution in [-0.2, 0) is 10.2 Å². The number of carbonyl (C=O) groups is 1. The van der Waals surface area contributed by atoms with Crippen molar-refractivity contribution >= 4 is 11.6 Å². The maximum absolute atomic E-state index is 13.8. The molecule has 1 aliphatic heterocycles. The number of nitrogens with one attached hydrogen (secondary N) is 1. The Bertz CT molecular complexity index is 544. The maximum atomic E-state index is 13.8. The molecular formula is C15H20FNO2. The summed E-state index contributed by atoms with van der Waals surface area (Å²) in [4.78, 5) is 12.0. The van der Waals surface area contributed by atoms with Crippen molar-refractivity contribution in [1.29, 1.82) is 0 Å². The van der Waals surface area contributed by atoms with Crippen molar-refractivity contribution in [2.24, 2.45) is 5.41 Å². The van der Waals surface area contributed by atoms with E-state index in [1.807, 2.05) is 20.8 Å². The van der Waals surface area contributed by atoms with Gasteiger partial charge in [0.05, 0.1) is 17.2 Å². The van der Waals surface area contributed by atoms with E-state index >= 15 is 0 Å². The van der Waals surface area contributed by atoms with E-state index in [9.17, 15) is 14.3 Å². The Labute approximate surface area is 112 Å². The zero-order valence-electron chi connectivity index (χ0n) is 12.0. The minimum absolute atomic E-state index is 0.171. The number of halogens is 1. The SMILES string of the molecule is CC1(C)C(=O)Nc2c(C(O)C(C)(C)C)cc(F)cc21. The number of hydrogen-bond donors (Lipinski definition) is 2. The molecular weight excluding hydrogens is 245 g/mol. The Balaban J connectivity index is 2.65. The first-order valence-corrected chi connectivity index (χ1v) is 6.38. The highest BCUT2D eigenvalue weighted by Crippen LogP contribution is 2.45. The third-order valence-electron chi connectivity index (χ3n) is 3.73. The number of benzene rings is 1. The first-order chi connectivity index (χ1) is 8.55. The first-order valence-electron chi connectivity index (χ1n) is 6.38. The Morgan fingerprint density at radius 1 is 1.32 bits per heavy atom. The minimum atomic E-state index is -0.842. The van der Waals surface area contributed by atoms with Crippen LogP contribution in [0.15, 0.2) is 12.1 Å². The second kappa shape index (κ2) is 4.04. The lowest BCUT2D eigenvalue weighted by Crippen LogP contribution is -2.26. The van der Waals surface area contributed by atoms with Crippen molar-refractivity contribution in [3.63, 3.8) is 0 Å².